The standard InChI is InChI=1S/C20H31N5OS/c1-5-21-19(23-12-18-15-27-20(24-18)25(3)4)22-11-16(2)13-26-14-17-9-7-6-8-10-17/h6-10,15-16H,5,11-14H2,1-4H3,(H2,21,22,23). The Balaban J connectivity index is 1.75. The van der Waals surface area contributed by atoms with E-state index in [4.69, 9.17) is 4.74 Å². The Morgan fingerprint density at radius 3 is 2.70 bits per heavy atom. The van der Waals surface area contributed by atoms with Crippen LogP contribution in [0.15, 0.2) is 40.7 Å². The number of rotatable bonds is 10. The van der Waals surface area contributed by atoms with E-state index in [-0.39, 0.29) is 0 Å². The lowest BCUT2D eigenvalue weighted by atomic mass is 10.2. The van der Waals surface area contributed by atoms with Gasteiger partial charge in [-0.3, -0.25) is 0 Å². The van der Waals surface area contributed by atoms with E-state index in [1.807, 2.05) is 37.2 Å². The molecule has 0 amide bonds. The first kappa shape index (κ1) is 21.2. The predicted molar refractivity (Wildman–Crippen MR) is 115 cm³/mol. The topological polar surface area (TPSA) is 61.8 Å². The number of nitrogens with zero attached hydrogens (tertiary/aromatic N) is 3. The molecule has 0 saturated heterocycles. The Morgan fingerprint density at radius 2 is 2.04 bits per heavy atom. The van der Waals surface area contributed by atoms with Crippen molar-refractivity contribution in [1.82, 2.24) is 15.6 Å². The van der Waals surface area contributed by atoms with E-state index in [2.05, 4.69) is 52.0 Å². The fraction of sp³-hybridized carbons (Fsp3) is 0.500. The van der Waals surface area contributed by atoms with Crippen molar-refractivity contribution in [2.45, 2.75) is 27.0 Å². The number of guanidine groups is 1. The van der Waals surface area contributed by atoms with Crippen molar-refractivity contribution < 1.29 is 4.74 Å². The van der Waals surface area contributed by atoms with Gasteiger partial charge >= 0.3 is 0 Å². The van der Waals surface area contributed by atoms with Gasteiger partial charge in [0.1, 0.15) is 0 Å². The molecule has 27 heavy (non-hydrogen) atoms. The first-order chi connectivity index (χ1) is 13.1. The zero-order valence-electron chi connectivity index (χ0n) is 16.7. The molecule has 2 N–H and O–H groups in total. The van der Waals surface area contributed by atoms with Crippen molar-refractivity contribution in [1.29, 1.82) is 0 Å². The van der Waals surface area contributed by atoms with Crippen molar-refractivity contribution in [2.24, 2.45) is 10.9 Å². The van der Waals surface area contributed by atoms with Crippen LogP contribution in [0.5, 0.6) is 0 Å². The first-order valence-corrected chi connectivity index (χ1v) is 10.2. The predicted octanol–water partition coefficient (Wildman–Crippen LogP) is 3.12. The van der Waals surface area contributed by atoms with Gasteiger partial charge in [-0.15, -0.1) is 11.3 Å². The largest absolute Gasteiger partial charge is 0.376 e. The minimum atomic E-state index is 0.386. The molecule has 1 heterocycles. The monoisotopic (exact) mass is 389 g/mol. The van der Waals surface area contributed by atoms with Gasteiger partial charge in [0.2, 0.25) is 0 Å². The number of ether oxygens (including phenoxy) is 1. The molecule has 1 aromatic carbocycles. The van der Waals surface area contributed by atoms with E-state index in [0.717, 1.165) is 29.9 Å². The van der Waals surface area contributed by atoms with Crippen LogP contribution in [0.3, 0.4) is 0 Å². The molecule has 7 heteroatoms. The molecule has 0 radical (unpaired) electrons. The number of hydrogen-bond donors (Lipinski definition) is 2. The van der Waals surface area contributed by atoms with E-state index >= 15 is 0 Å². The van der Waals surface area contributed by atoms with Gasteiger partial charge in [-0.2, -0.15) is 0 Å². The van der Waals surface area contributed by atoms with Crippen LogP contribution in [-0.2, 0) is 17.9 Å². The molecule has 1 atom stereocenters. The molecule has 6 nitrogen and oxygen atoms in total. The van der Waals surface area contributed by atoms with Gasteiger partial charge in [0.25, 0.3) is 0 Å². The summed E-state index contributed by atoms with van der Waals surface area (Å²) in [6.07, 6.45) is 0. The molecule has 0 bridgehead atoms. The SMILES string of the molecule is CCNC(=NCc1csc(N(C)C)n1)NCC(C)COCc1ccccc1. The minimum Gasteiger partial charge on any atom is -0.376 e. The van der Waals surface area contributed by atoms with Crippen molar-refractivity contribution in [3.05, 3.63) is 47.0 Å². The van der Waals surface area contributed by atoms with Crippen molar-refractivity contribution >= 4 is 22.4 Å². The average molecular weight is 390 g/mol. The van der Waals surface area contributed by atoms with Gasteiger partial charge in [-0.1, -0.05) is 37.3 Å². The molecule has 0 spiro atoms. The smallest absolute Gasteiger partial charge is 0.191 e. The Labute approximate surface area is 166 Å². The van der Waals surface area contributed by atoms with Gasteiger partial charge in [0.15, 0.2) is 11.1 Å². The summed E-state index contributed by atoms with van der Waals surface area (Å²) >= 11 is 1.64. The van der Waals surface area contributed by atoms with Crippen LogP contribution in [0.2, 0.25) is 0 Å². The zero-order valence-corrected chi connectivity index (χ0v) is 17.6. The Bertz CT molecular complexity index is 687. The summed E-state index contributed by atoms with van der Waals surface area (Å²) in [5.41, 5.74) is 2.19. The third kappa shape index (κ3) is 7.97. The lowest BCUT2D eigenvalue weighted by Gasteiger charge is -2.16. The molecule has 148 valence electrons. The van der Waals surface area contributed by atoms with Gasteiger partial charge in [-0.05, 0) is 18.4 Å². The Morgan fingerprint density at radius 1 is 1.26 bits per heavy atom. The number of benzene rings is 1. The number of anilines is 1. The summed E-state index contributed by atoms with van der Waals surface area (Å²) in [5.74, 6) is 1.20. The first-order valence-electron chi connectivity index (χ1n) is 9.34. The van der Waals surface area contributed by atoms with E-state index in [9.17, 15) is 0 Å². The van der Waals surface area contributed by atoms with Crippen LogP contribution < -0.4 is 15.5 Å². The highest BCUT2D eigenvalue weighted by molar-refractivity contribution is 7.13. The van der Waals surface area contributed by atoms with E-state index in [0.29, 0.717) is 25.7 Å². The number of aromatic nitrogens is 1. The van der Waals surface area contributed by atoms with Crippen molar-refractivity contribution in [2.75, 3.05) is 38.7 Å². The van der Waals surface area contributed by atoms with Crippen LogP contribution in [-0.4, -0.2) is 44.7 Å². The molecule has 1 aromatic heterocycles. The molecule has 0 aliphatic heterocycles. The maximum Gasteiger partial charge on any atom is 0.191 e. The molecule has 0 saturated carbocycles. The quantitative estimate of drug-likeness (QED) is 0.483. The number of thiazole rings is 1. The van der Waals surface area contributed by atoms with Crippen LogP contribution >= 0.6 is 11.3 Å². The van der Waals surface area contributed by atoms with Crippen LogP contribution in [0.1, 0.15) is 25.1 Å². The van der Waals surface area contributed by atoms with Crippen LogP contribution in [0.25, 0.3) is 0 Å². The summed E-state index contributed by atoms with van der Waals surface area (Å²) < 4.78 is 5.81. The molecule has 1 unspecified atom stereocenters. The highest BCUT2D eigenvalue weighted by Gasteiger charge is 2.06. The average Bonchev–Trinajstić information content (AvgIpc) is 3.14. The molecule has 0 fully saturated rings. The van der Waals surface area contributed by atoms with Crippen molar-refractivity contribution in [3.63, 3.8) is 0 Å². The second-order valence-corrected chi connectivity index (χ2v) is 7.53. The summed E-state index contributed by atoms with van der Waals surface area (Å²) in [6, 6.07) is 10.3. The molecular formula is C20H31N5OS. The Kier molecular flexibility index (Phi) is 9.07. The molecular weight excluding hydrogens is 358 g/mol. The molecule has 2 aromatic rings. The minimum absolute atomic E-state index is 0.386. The Hall–Kier alpha value is -2.12. The van der Waals surface area contributed by atoms with Gasteiger partial charge in [0.05, 0.1) is 25.5 Å². The van der Waals surface area contributed by atoms with E-state index in [1.54, 1.807) is 11.3 Å². The number of nitrogens with one attached hydrogen (secondary N) is 2. The summed E-state index contributed by atoms with van der Waals surface area (Å²) in [4.78, 5) is 11.2. The summed E-state index contributed by atoms with van der Waals surface area (Å²) in [5, 5.41) is 9.74. The normalized spacial score (nSPS) is 12.7. The fourth-order valence-electron chi connectivity index (χ4n) is 2.36. The molecule has 0 aliphatic carbocycles. The zero-order chi connectivity index (χ0) is 19.5. The number of aliphatic imine (C=N–C) groups is 1. The van der Waals surface area contributed by atoms with E-state index < -0.39 is 0 Å². The third-order valence-corrected chi connectivity index (χ3v) is 4.85. The number of hydrogen-bond acceptors (Lipinski definition) is 5. The summed E-state index contributed by atoms with van der Waals surface area (Å²) in [7, 11) is 4.00. The maximum atomic E-state index is 5.81. The van der Waals surface area contributed by atoms with Crippen LogP contribution in [0.4, 0.5) is 5.13 Å². The summed E-state index contributed by atoms with van der Waals surface area (Å²) in [6.45, 7) is 7.79. The van der Waals surface area contributed by atoms with Gasteiger partial charge in [-0.25, -0.2) is 9.98 Å². The van der Waals surface area contributed by atoms with Crippen molar-refractivity contribution in [3.8, 4) is 0 Å². The van der Waals surface area contributed by atoms with Crippen LogP contribution in [0, 0.1) is 5.92 Å². The highest BCUT2D eigenvalue weighted by Crippen LogP contribution is 2.18. The second-order valence-electron chi connectivity index (χ2n) is 6.70. The lowest BCUT2D eigenvalue weighted by Crippen LogP contribution is -2.40. The lowest BCUT2D eigenvalue weighted by molar-refractivity contribution is 0.0931. The maximum absolute atomic E-state index is 5.81. The van der Waals surface area contributed by atoms with Gasteiger partial charge in [0, 0.05) is 32.6 Å². The molecule has 2 rings (SSSR count). The fourth-order valence-corrected chi connectivity index (χ4v) is 3.11. The van der Waals surface area contributed by atoms with E-state index in [1.165, 1.54) is 5.56 Å². The second kappa shape index (κ2) is 11.6. The van der Waals surface area contributed by atoms with Gasteiger partial charge < -0.3 is 20.3 Å². The third-order valence-electron chi connectivity index (χ3n) is 3.80. The molecule has 0 aliphatic rings. The highest BCUT2D eigenvalue weighted by atomic mass is 32.1.